The van der Waals surface area contributed by atoms with Crippen LogP contribution in [-0.4, -0.2) is 20.9 Å². The van der Waals surface area contributed by atoms with E-state index in [0.717, 1.165) is 29.7 Å². The molecule has 0 aliphatic rings. The van der Waals surface area contributed by atoms with Gasteiger partial charge in [-0.05, 0) is 54.9 Å². The lowest BCUT2D eigenvalue weighted by atomic mass is 10.2. The summed E-state index contributed by atoms with van der Waals surface area (Å²) in [6.45, 7) is 8.30. The van der Waals surface area contributed by atoms with Gasteiger partial charge in [0, 0.05) is 25.0 Å². The maximum Gasteiger partial charge on any atom is 0.0739 e. The highest BCUT2D eigenvalue weighted by molar-refractivity contribution is 9.10. The number of aromatic nitrogens is 3. The summed E-state index contributed by atoms with van der Waals surface area (Å²) in [6, 6.07) is 4.65. The van der Waals surface area contributed by atoms with Crippen molar-refractivity contribution in [3.63, 3.8) is 0 Å². The van der Waals surface area contributed by atoms with Gasteiger partial charge in [0.2, 0.25) is 0 Å². The Balaban J connectivity index is 2.20. The fraction of sp³-hybridized carbons (Fsp3) is 0.533. The van der Waals surface area contributed by atoms with Crippen molar-refractivity contribution in [2.45, 2.75) is 39.8 Å². The molecule has 1 unspecified atom stereocenters. The first kappa shape index (κ1) is 15.3. The highest BCUT2D eigenvalue weighted by Crippen LogP contribution is 2.23. The van der Waals surface area contributed by atoms with E-state index in [1.165, 1.54) is 11.4 Å². The maximum absolute atomic E-state index is 4.46. The van der Waals surface area contributed by atoms with Crippen LogP contribution in [0.5, 0.6) is 0 Å². The lowest BCUT2D eigenvalue weighted by Gasteiger charge is -2.17. The molecule has 0 amide bonds. The molecular formula is C15H23BrN4. The Morgan fingerprint density at radius 3 is 2.80 bits per heavy atom. The van der Waals surface area contributed by atoms with E-state index in [4.69, 9.17) is 0 Å². The molecule has 0 aliphatic carbocycles. The molecule has 4 nitrogen and oxygen atoms in total. The summed E-state index contributed by atoms with van der Waals surface area (Å²) in [7, 11) is 2.00. The Bertz CT molecular complexity index is 570. The van der Waals surface area contributed by atoms with E-state index in [-0.39, 0.29) is 0 Å². The maximum atomic E-state index is 4.46. The number of nitrogens with one attached hydrogen (secondary N) is 1. The highest BCUT2D eigenvalue weighted by Gasteiger charge is 2.14. The third-order valence-electron chi connectivity index (χ3n) is 3.59. The monoisotopic (exact) mass is 338 g/mol. The van der Waals surface area contributed by atoms with E-state index in [9.17, 15) is 0 Å². The van der Waals surface area contributed by atoms with E-state index < -0.39 is 0 Å². The summed E-state index contributed by atoms with van der Waals surface area (Å²) in [5.74, 6) is 0. The molecule has 0 aliphatic heterocycles. The quantitative estimate of drug-likeness (QED) is 0.875. The molecule has 0 aromatic carbocycles. The van der Waals surface area contributed by atoms with Gasteiger partial charge in [-0.1, -0.05) is 6.92 Å². The number of aryl methyl sites for hydroxylation is 2. The van der Waals surface area contributed by atoms with Crippen molar-refractivity contribution in [2.24, 2.45) is 7.05 Å². The van der Waals surface area contributed by atoms with Gasteiger partial charge in [-0.25, -0.2) is 0 Å². The van der Waals surface area contributed by atoms with Crippen molar-refractivity contribution >= 4 is 15.9 Å². The summed E-state index contributed by atoms with van der Waals surface area (Å²) in [4.78, 5) is 0. The van der Waals surface area contributed by atoms with Crippen LogP contribution in [0.25, 0.3) is 0 Å². The number of hydrogen-bond donors (Lipinski definition) is 1. The molecule has 110 valence electrons. The van der Waals surface area contributed by atoms with Gasteiger partial charge in [0.05, 0.1) is 22.4 Å². The van der Waals surface area contributed by atoms with Crippen molar-refractivity contribution in [1.82, 2.24) is 19.7 Å². The minimum atomic E-state index is 0.359. The van der Waals surface area contributed by atoms with Crippen LogP contribution >= 0.6 is 15.9 Å². The van der Waals surface area contributed by atoms with Crippen molar-refractivity contribution in [1.29, 1.82) is 0 Å². The zero-order valence-electron chi connectivity index (χ0n) is 12.7. The van der Waals surface area contributed by atoms with E-state index >= 15 is 0 Å². The first-order chi connectivity index (χ1) is 9.54. The smallest absolute Gasteiger partial charge is 0.0739 e. The fourth-order valence-electron chi connectivity index (χ4n) is 2.44. The SMILES string of the molecule is CCCNC(C)c1cccn1Cc1c(Br)c(C)nn1C. The van der Waals surface area contributed by atoms with Crippen LogP contribution < -0.4 is 5.32 Å². The van der Waals surface area contributed by atoms with Gasteiger partial charge in [0.15, 0.2) is 0 Å². The van der Waals surface area contributed by atoms with Gasteiger partial charge in [0.25, 0.3) is 0 Å². The van der Waals surface area contributed by atoms with Crippen molar-refractivity contribution in [2.75, 3.05) is 6.54 Å². The molecule has 0 saturated heterocycles. The number of hydrogen-bond acceptors (Lipinski definition) is 2. The molecule has 2 aromatic heterocycles. The van der Waals surface area contributed by atoms with Crippen LogP contribution in [0.4, 0.5) is 0 Å². The van der Waals surface area contributed by atoms with E-state index in [1.807, 2.05) is 18.7 Å². The molecule has 1 atom stereocenters. The van der Waals surface area contributed by atoms with Gasteiger partial charge in [-0.2, -0.15) is 5.10 Å². The topological polar surface area (TPSA) is 34.8 Å². The normalized spacial score (nSPS) is 12.8. The van der Waals surface area contributed by atoms with Gasteiger partial charge < -0.3 is 9.88 Å². The molecule has 1 N–H and O–H groups in total. The van der Waals surface area contributed by atoms with E-state index in [0.29, 0.717) is 6.04 Å². The van der Waals surface area contributed by atoms with Crippen LogP contribution in [0.3, 0.4) is 0 Å². The third kappa shape index (κ3) is 3.15. The van der Waals surface area contributed by atoms with E-state index in [2.05, 4.69) is 63.1 Å². The third-order valence-corrected chi connectivity index (χ3v) is 4.62. The molecule has 5 heteroatoms. The van der Waals surface area contributed by atoms with Gasteiger partial charge in [-0.15, -0.1) is 0 Å². The lowest BCUT2D eigenvalue weighted by molar-refractivity contribution is 0.528. The second kappa shape index (κ2) is 6.59. The standard InChI is InChI=1S/C15H23BrN4/c1-5-8-17-11(2)13-7-6-9-20(13)10-14-15(16)12(3)18-19(14)4/h6-7,9,11,17H,5,8,10H2,1-4H3. The minimum Gasteiger partial charge on any atom is -0.344 e. The zero-order valence-corrected chi connectivity index (χ0v) is 14.2. The van der Waals surface area contributed by atoms with Gasteiger partial charge in [0.1, 0.15) is 0 Å². The summed E-state index contributed by atoms with van der Waals surface area (Å²) in [5.41, 5.74) is 3.54. The largest absolute Gasteiger partial charge is 0.344 e. The van der Waals surface area contributed by atoms with Crippen LogP contribution in [0.2, 0.25) is 0 Å². The van der Waals surface area contributed by atoms with Gasteiger partial charge >= 0.3 is 0 Å². The van der Waals surface area contributed by atoms with Crippen LogP contribution in [0.15, 0.2) is 22.8 Å². The second-order valence-electron chi connectivity index (χ2n) is 5.21. The first-order valence-electron chi connectivity index (χ1n) is 7.11. The molecule has 2 aromatic rings. The Labute approximate surface area is 129 Å². The first-order valence-corrected chi connectivity index (χ1v) is 7.90. The van der Waals surface area contributed by atoms with E-state index in [1.54, 1.807) is 0 Å². The van der Waals surface area contributed by atoms with Crippen LogP contribution in [-0.2, 0) is 13.6 Å². The molecule has 0 radical (unpaired) electrons. The molecule has 0 spiro atoms. The molecule has 0 bridgehead atoms. The summed E-state index contributed by atoms with van der Waals surface area (Å²) >= 11 is 3.64. The molecule has 0 saturated carbocycles. The van der Waals surface area contributed by atoms with Crippen molar-refractivity contribution < 1.29 is 0 Å². The summed E-state index contributed by atoms with van der Waals surface area (Å²) in [6.07, 6.45) is 3.28. The minimum absolute atomic E-state index is 0.359. The Hall–Kier alpha value is -1.07. The van der Waals surface area contributed by atoms with Gasteiger partial charge in [-0.3, -0.25) is 4.68 Å². The van der Waals surface area contributed by atoms with Crippen molar-refractivity contribution in [3.05, 3.63) is 39.9 Å². The molecule has 2 rings (SSSR count). The predicted octanol–water partition coefficient (Wildman–Crippen LogP) is 3.40. The number of halogens is 1. The zero-order chi connectivity index (χ0) is 14.7. The number of rotatable bonds is 6. The predicted molar refractivity (Wildman–Crippen MR) is 85.9 cm³/mol. The Morgan fingerprint density at radius 2 is 2.20 bits per heavy atom. The fourth-order valence-corrected chi connectivity index (χ4v) is 2.90. The molecule has 0 fully saturated rings. The average molecular weight is 339 g/mol. The molecule has 2 heterocycles. The van der Waals surface area contributed by atoms with Crippen LogP contribution in [0, 0.1) is 6.92 Å². The second-order valence-corrected chi connectivity index (χ2v) is 6.00. The summed E-state index contributed by atoms with van der Waals surface area (Å²) < 4.78 is 5.34. The molecular weight excluding hydrogens is 316 g/mol. The summed E-state index contributed by atoms with van der Waals surface area (Å²) in [5, 5.41) is 8.00. The molecule has 20 heavy (non-hydrogen) atoms. The van der Waals surface area contributed by atoms with Crippen LogP contribution in [0.1, 0.15) is 43.4 Å². The Kier molecular flexibility index (Phi) is 5.05. The Morgan fingerprint density at radius 1 is 1.45 bits per heavy atom. The lowest BCUT2D eigenvalue weighted by Crippen LogP contribution is -2.22. The number of nitrogens with zero attached hydrogens (tertiary/aromatic N) is 3. The van der Waals surface area contributed by atoms with Crippen molar-refractivity contribution in [3.8, 4) is 0 Å². The average Bonchev–Trinajstić information content (AvgIpc) is 2.97. The highest BCUT2D eigenvalue weighted by atomic mass is 79.9.